The molecule has 0 heterocycles. The normalized spacial score (nSPS) is 12.2. The van der Waals surface area contributed by atoms with Crippen molar-refractivity contribution >= 4 is 56.6 Å². The summed E-state index contributed by atoms with van der Waals surface area (Å²) in [6.45, 7) is 4.50. The second-order valence-electron chi connectivity index (χ2n) is 11.1. The first-order valence-corrected chi connectivity index (χ1v) is 15.0. The maximum absolute atomic E-state index is 2.30. The van der Waals surface area contributed by atoms with Crippen LogP contribution in [0.15, 0.2) is 97.1 Å². The molecular weight excluding hydrogens is 480 g/mol. The summed E-state index contributed by atoms with van der Waals surface area (Å²) in [7, 11) is 0. The Labute approximate surface area is 239 Å². The van der Waals surface area contributed by atoms with Gasteiger partial charge in [-0.1, -0.05) is 148 Å². The fourth-order valence-corrected chi connectivity index (χ4v) is 5.86. The van der Waals surface area contributed by atoms with Gasteiger partial charge >= 0.3 is 0 Å². The van der Waals surface area contributed by atoms with Gasteiger partial charge in [-0.3, -0.25) is 0 Å². The van der Waals surface area contributed by atoms with Crippen molar-refractivity contribution in [2.24, 2.45) is 0 Å². The summed E-state index contributed by atoms with van der Waals surface area (Å²) in [5.41, 5.74) is 7.88. The minimum absolute atomic E-state index is 1.16. The first kappa shape index (κ1) is 26.1. The quantitative estimate of drug-likeness (QED) is 0.125. The van der Waals surface area contributed by atoms with E-state index in [-0.39, 0.29) is 0 Å². The zero-order chi connectivity index (χ0) is 27.3. The number of hydrogen-bond donors (Lipinski definition) is 0. The topological polar surface area (TPSA) is 0 Å². The summed E-state index contributed by atoms with van der Waals surface area (Å²) < 4.78 is 0. The van der Waals surface area contributed by atoms with E-state index in [9.17, 15) is 0 Å². The van der Waals surface area contributed by atoms with Gasteiger partial charge in [-0.25, -0.2) is 0 Å². The molecular formula is C40H38. The van der Waals surface area contributed by atoms with Gasteiger partial charge in [-0.2, -0.15) is 0 Å². The molecule has 0 fully saturated rings. The predicted molar refractivity (Wildman–Crippen MR) is 178 cm³/mol. The lowest BCUT2D eigenvalue weighted by molar-refractivity contribution is 0.795. The largest absolute Gasteiger partial charge is 0.0654 e. The molecule has 0 unspecified atom stereocenters. The molecule has 0 saturated heterocycles. The predicted octanol–water partition coefficient (Wildman–Crippen LogP) is 11.6. The molecule has 0 saturated carbocycles. The van der Waals surface area contributed by atoms with Crippen LogP contribution in [0.25, 0.3) is 56.6 Å². The molecule has 6 aromatic carbocycles. The van der Waals surface area contributed by atoms with Crippen LogP contribution in [0.3, 0.4) is 0 Å². The molecule has 0 spiro atoms. The van der Waals surface area contributed by atoms with Crippen molar-refractivity contribution in [3.05, 3.63) is 130 Å². The minimum Gasteiger partial charge on any atom is -0.0654 e. The average molecular weight is 519 g/mol. The van der Waals surface area contributed by atoms with Crippen LogP contribution < -0.4 is 0 Å². The number of hydrogen-bond acceptors (Lipinski definition) is 0. The molecule has 0 atom stereocenters. The van der Waals surface area contributed by atoms with E-state index < -0.39 is 0 Å². The van der Waals surface area contributed by atoms with Crippen molar-refractivity contribution in [2.75, 3.05) is 0 Å². The first-order valence-electron chi connectivity index (χ1n) is 15.0. The highest BCUT2D eigenvalue weighted by Crippen LogP contribution is 2.38. The van der Waals surface area contributed by atoms with Gasteiger partial charge in [0.2, 0.25) is 0 Å². The fraction of sp³-hybridized carbons (Fsp3) is 0.200. The van der Waals surface area contributed by atoms with Gasteiger partial charge < -0.3 is 0 Å². The van der Waals surface area contributed by atoms with Gasteiger partial charge in [0.1, 0.15) is 0 Å². The Morgan fingerprint density at radius 1 is 0.425 bits per heavy atom. The third-order valence-corrected chi connectivity index (χ3v) is 8.24. The van der Waals surface area contributed by atoms with Crippen LogP contribution in [0.2, 0.25) is 0 Å². The van der Waals surface area contributed by atoms with Crippen LogP contribution in [0.1, 0.15) is 72.9 Å². The van der Waals surface area contributed by atoms with E-state index in [0.717, 1.165) is 12.8 Å². The van der Waals surface area contributed by atoms with E-state index >= 15 is 0 Å². The van der Waals surface area contributed by atoms with Crippen LogP contribution in [-0.4, -0.2) is 0 Å². The second-order valence-corrected chi connectivity index (χ2v) is 11.1. The molecule has 198 valence electrons. The van der Waals surface area contributed by atoms with Gasteiger partial charge in [0.05, 0.1) is 0 Å². The Bertz CT molecular complexity index is 1640. The Morgan fingerprint density at radius 3 is 1.23 bits per heavy atom. The van der Waals surface area contributed by atoms with Gasteiger partial charge in [-0.15, -0.1) is 0 Å². The third kappa shape index (κ3) is 5.45. The zero-order valence-corrected chi connectivity index (χ0v) is 23.8. The maximum Gasteiger partial charge on any atom is -0.00206 e. The second kappa shape index (κ2) is 11.9. The standard InChI is InChI=1S/C40H38/c1-3-5-7-29-9-13-31(14-10-29)17-19-33-21-23-35-26-28-38-34(22-24-36-25-27-37(33)39(35)40(36)38)20-18-32-15-11-30(12-16-32)8-6-4-2/h9-28H,3-8H2,1-2H3. The maximum atomic E-state index is 2.30. The SMILES string of the molecule is CCCCc1ccc(C=Cc2ccc3ccc4c(C=Cc5ccc(CCCC)cc5)ccc5ccc2c3c54)cc1. The highest BCUT2D eigenvalue weighted by Gasteiger charge is 2.11. The van der Waals surface area contributed by atoms with Crippen LogP contribution in [0.5, 0.6) is 0 Å². The first-order chi connectivity index (χ1) is 19.7. The molecule has 0 amide bonds. The summed E-state index contributed by atoms with van der Waals surface area (Å²) in [5.74, 6) is 0. The van der Waals surface area contributed by atoms with Crippen molar-refractivity contribution in [1.82, 2.24) is 0 Å². The molecule has 0 heteroatoms. The molecule has 0 aliphatic heterocycles. The van der Waals surface area contributed by atoms with Crippen LogP contribution in [0.4, 0.5) is 0 Å². The number of unbranched alkanes of at least 4 members (excludes halogenated alkanes) is 2. The summed E-state index contributed by atoms with van der Waals surface area (Å²) in [4.78, 5) is 0. The summed E-state index contributed by atoms with van der Waals surface area (Å²) >= 11 is 0. The summed E-state index contributed by atoms with van der Waals surface area (Å²) in [6, 6.07) is 36.3. The molecule has 0 N–H and O–H groups in total. The van der Waals surface area contributed by atoms with E-state index in [1.54, 1.807) is 0 Å². The van der Waals surface area contributed by atoms with Crippen molar-refractivity contribution in [3.63, 3.8) is 0 Å². The van der Waals surface area contributed by atoms with Gasteiger partial charge in [0.25, 0.3) is 0 Å². The molecule has 0 nitrogen and oxygen atoms in total. The Balaban J connectivity index is 1.34. The van der Waals surface area contributed by atoms with E-state index in [0.29, 0.717) is 0 Å². The minimum atomic E-state index is 1.16. The molecule has 0 bridgehead atoms. The van der Waals surface area contributed by atoms with Crippen molar-refractivity contribution in [1.29, 1.82) is 0 Å². The molecule has 0 aliphatic carbocycles. The number of benzene rings is 6. The third-order valence-electron chi connectivity index (χ3n) is 8.24. The van der Waals surface area contributed by atoms with Gasteiger partial charge in [0.15, 0.2) is 0 Å². The molecule has 6 aromatic rings. The van der Waals surface area contributed by atoms with E-state index in [4.69, 9.17) is 0 Å². The van der Waals surface area contributed by atoms with Gasteiger partial charge in [-0.05, 0) is 91.4 Å². The lowest BCUT2D eigenvalue weighted by Crippen LogP contribution is -1.88. The lowest BCUT2D eigenvalue weighted by atomic mass is 9.89. The Morgan fingerprint density at radius 2 is 0.825 bits per heavy atom. The molecule has 0 aromatic heterocycles. The zero-order valence-electron chi connectivity index (χ0n) is 23.8. The van der Waals surface area contributed by atoms with Crippen LogP contribution >= 0.6 is 0 Å². The Hall–Kier alpha value is -4.16. The fourth-order valence-electron chi connectivity index (χ4n) is 5.86. The van der Waals surface area contributed by atoms with Crippen molar-refractivity contribution in [2.45, 2.75) is 52.4 Å². The smallest absolute Gasteiger partial charge is 0.00206 e. The molecule has 0 aliphatic rings. The lowest BCUT2D eigenvalue weighted by Gasteiger charge is -2.14. The van der Waals surface area contributed by atoms with E-state index in [1.165, 1.54) is 91.4 Å². The van der Waals surface area contributed by atoms with E-state index in [1.807, 2.05) is 0 Å². The number of rotatable bonds is 10. The summed E-state index contributed by atoms with van der Waals surface area (Å²) in [6.07, 6.45) is 16.4. The van der Waals surface area contributed by atoms with Crippen molar-refractivity contribution < 1.29 is 0 Å². The summed E-state index contributed by atoms with van der Waals surface area (Å²) in [5, 5.41) is 7.96. The number of aryl methyl sites for hydroxylation is 2. The van der Waals surface area contributed by atoms with E-state index in [2.05, 4.69) is 135 Å². The Kier molecular flexibility index (Phi) is 7.78. The monoisotopic (exact) mass is 518 g/mol. The van der Waals surface area contributed by atoms with Gasteiger partial charge in [0, 0.05) is 0 Å². The average Bonchev–Trinajstić information content (AvgIpc) is 3.01. The molecule has 6 rings (SSSR count). The van der Waals surface area contributed by atoms with Crippen LogP contribution in [0, 0.1) is 0 Å². The highest BCUT2D eigenvalue weighted by atomic mass is 14.1. The molecule has 0 radical (unpaired) electrons. The van der Waals surface area contributed by atoms with Crippen LogP contribution in [-0.2, 0) is 12.8 Å². The van der Waals surface area contributed by atoms with Crippen molar-refractivity contribution in [3.8, 4) is 0 Å². The molecule has 40 heavy (non-hydrogen) atoms. The highest BCUT2D eigenvalue weighted by molar-refractivity contribution is 6.25.